The molecule has 86 valence electrons. The molecular formula is C14H19NO. The summed E-state index contributed by atoms with van der Waals surface area (Å²) in [5.41, 5.74) is 2.12. The number of aromatic nitrogens is 1. The Hall–Kier alpha value is -1.44. The summed E-state index contributed by atoms with van der Waals surface area (Å²) >= 11 is 0. The average molecular weight is 217 g/mol. The lowest BCUT2D eigenvalue weighted by atomic mass is 10.1. The third-order valence-corrected chi connectivity index (χ3v) is 2.57. The second kappa shape index (κ2) is 7.80. The summed E-state index contributed by atoms with van der Waals surface area (Å²) in [6, 6.07) is 3.95. The van der Waals surface area contributed by atoms with Crippen LogP contribution in [0.15, 0.2) is 36.2 Å². The molecule has 0 N–H and O–H groups in total. The number of hydrogen-bond acceptors (Lipinski definition) is 2. The molecule has 1 rings (SSSR count). The summed E-state index contributed by atoms with van der Waals surface area (Å²) in [6.45, 7) is 2.17. The third kappa shape index (κ3) is 4.87. The lowest BCUT2D eigenvalue weighted by molar-refractivity contribution is -0.105. The summed E-state index contributed by atoms with van der Waals surface area (Å²) in [6.07, 6.45) is 11.8. The fourth-order valence-corrected chi connectivity index (χ4v) is 1.56. The summed E-state index contributed by atoms with van der Waals surface area (Å²) in [4.78, 5) is 14.8. The Morgan fingerprint density at radius 2 is 2.06 bits per heavy atom. The van der Waals surface area contributed by atoms with Crippen LogP contribution in [0.5, 0.6) is 0 Å². The summed E-state index contributed by atoms with van der Waals surface area (Å²) < 4.78 is 0. The van der Waals surface area contributed by atoms with Gasteiger partial charge >= 0.3 is 0 Å². The first-order chi connectivity index (χ1) is 7.86. The second-order valence-electron chi connectivity index (χ2n) is 3.91. The van der Waals surface area contributed by atoms with Gasteiger partial charge in [0, 0.05) is 12.4 Å². The van der Waals surface area contributed by atoms with Crippen LogP contribution in [0.1, 0.15) is 38.2 Å². The van der Waals surface area contributed by atoms with Gasteiger partial charge in [-0.05, 0) is 42.5 Å². The number of carbonyl (C=O) groups excluding carboxylic acids is 1. The monoisotopic (exact) mass is 217 g/mol. The van der Waals surface area contributed by atoms with Crippen molar-refractivity contribution in [3.05, 3.63) is 41.7 Å². The Labute approximate surface area is 97.4 Å². The fourth-order valence-electron chi connectivity index (χ4n) is 1.56. The van der Waals surface area contributed by atoms with Crippen molar-refractivity contribution in [2.45, 2.75) is 39.0 Å². The predicted octanol–water partition coefficient (Wildman–Crippen LogP) is 3.33. The Balaban J connectivity index is 2.43. The van der Waals surface area contributed by atoms with Gasteiger partial charge in [0.25, 0.3) is 0 Å². The van der Waals surface area contributed by atoms with Gasteiger partial charge in [0.1, 0.15) is 6.29 Å². The zero-order valence-corrected chi connectivity index (χ0v) is 9.86. The van der Waals surface area contributed by atoms with Crippen LogP contribution in [0, 0.1) is 0 Å². The topological polar surface area (TPSA) is 30.0 Å². The number of carbonyl (C=O) groups is 1. The Morgan fingerprint density at radius 1 is 1.31 bits per heavy atom. The molecular weight excluding hydrogens is 198 g/mol. The van der Waals surface area contributed by atoms with E-state index in [1.165, 1.54) is 18.4 Å². The van der Waals surface area contributed by atoms with Gasteiger partial charge in [-0.2, -0.15) is 0 Å². The summed E-state index contributed by atoms with van der Waals surface area (Å²) in [7, 11) is 0. The minimum absolute atomic E-state index is 0.822. The van der Waals surface area contributed by atoms with Crippen LogP contribution in [0.25, 0.3) is 0 Å². The molecule has 0 amide bonds. The highest BCUT2D eigenvalue weighted by Crippen LogP contribution is 2.08. The van der Waals surface area contributed by atoms with Crippen molar-refractivity contribution in [2.24, 2.45) is 0 Å². The van der Waals surface area contributed by atoms with E-state index in [0.717, 1.165) is 31.1 Å². The first kappa shape index (κ1) is 12.6. The highest BCUT2D eigenvalue weighted by Gasteiger charge is 1.96. The smallest absolute Gasteiger partial charge is 0.145 e. The van der Waals surface area contributed by atoms with Gasteiger partial charge in [-0.15, -0.1) is 0 Å². The van der Waals surface area contributed by atoms with Crippen molar-refractivity contribution in [3.63, 3.8) is 0 Å². The van der Waals surface area contributed by atoms with Crippen LogP contribution in [0.3, 0.4) is 0 Å². The molecule has 0 aliphatic heterocycles. The van der Waals surface area contributed by atoms with Crippen molar-refractivity contribution in [3.8, 4) is 0 Å². The first-order valence-electron chi connectivity index (χ1n) is 5.90. The molecule has 0 radical (unpaired) electrons. The van der Waals surface area contributed by atoms with Crippen molar-refractivity contribution < 1.29 is 4.79 Å². The standard InChI is InChI=1S/C14H19NO/c1-2-3-4-5-14(12-16)7-6-13-8-10-15-11-9-13/h7-12H,2-6H2,1H3. The maximum atomic E-state index is 10.8. The van der Waals surface area contributed by atoms with Gasteiger partial charge in [-0.1, -0.05) is 25.8 Å². The SMILES string of the molecule is CCCCCC(C=O)=CCc1ccncc1. The van der Waals surface area contributed by atoms with Crippen LogP contribution in [0.4, 0.5) is 0 Å². The minimum Gasteiger partial charge on any atom is -0.298 e. The number of pyridine rings is 1. The van der Waals surface area contributed by atoms with E-state index in [2.05, 4.69) is 11.9 Å². The van der Waals surface area contributed by atoms with Crippen LogP contribution in [0.2, 0.25) is 0 Å². The van der Waals surface area contributed by atoms with Gasteiger partial charge < -0.3 is 0 Å². The molecule has 0 atom stereocenters. The molecule has 1 heterocycles. The maximum Gasteiger partial charge on any atom is 0.145 e. The molecule has 0 aliphatic rings. The maximum absolute atomic E-state index is 10.8. The molecule has 2 heteroatoms. The van der Waals surface area contributed by atoms with Gasteiger partial charge in [-0.3, -0.25) is 9.78 Å². The molecule has 0 spiro atoms. The molecule has 16 heavy (non-hydrogen) atoms. The largest absolute Gasteiger partial charge is 0.298 e. The molecule has 0 aromatic carbocycles. The van der Waals surface area contributed by atoms with Gasteiger partial charge in [-0.25, -0.2) is 0 Å². The van der Waals surface area contributed by atoms with E-state index in [1.54, 1.807) is 12.4 Å². The minimum atomic E-state index is 0.822. The van der Waals surface area contributed by atoms with Gasteiger partial charge in [0.05, 0.1) is 0 Å². The molecule has 1 aromatic heterocycles. The fraction of sp³-hybridized carbons (Fsp3) is 0.429. The van der Waals surface area contributed by atoms with E-state index in [-0.39, 0.29) is 0 Å². The van der Waals surface area contributed by atoms with Crippen LogP contribution in [-0.2, 0) is 11.2 Å². The Bertz CT molecular complexity index is 330. The van der Waals surface area contributed by atoms with E-state index in [4.69, 9.17) is 0 Å². The van der Waals surface area contributed by atoms with E-state index in [1.807, 2.05) is 18.2 Å². The second-order valence-corrected chi connectivity index (χ2v) is 3.91. The van der Waals surface area contributed by atoms with E-state index < -0.39 is 0 Å². The Morgan fingerprint density at radius 3 is 2.69 bits per heavy atom. The zero-order chi connectivity index (χ0) is 11.6. The molecule has 0 fully saturated rings. The van der Waals surface area contributed by atoms with Crippen molar-refractivity contribution in [1.82, 2.24) is 4.98 Å². The van der Waals surface area contributed by atoms with Gasteiger partial charge in [0.2, 0.25) is 0 Å². The quantitative estimate of drug-likeness (QED) is 0.398. The van der Waals surface area contributed by atoms with Crippen molar-refractivity contribution in [1.29, 1.82) is 0 Å². The third-order valence-electron chi connectivity index (χ3n) is 2.57. The van der Waals surface area contributed by atoms with Crippen LogP contribution >= 0.6 is 0 Å². The number of rotatable bonds is 7. The molecule has 0 aliphatic carbocycles. The molecule has 1 aromatic rings. The summed E-state index contributed by atoms with van der Waals surface area (Å²) in [5.74, 6) is 0. The highest BCUT2D eigenvalue weighted by molar-refractivity contribution is 5.73. The number of nitrogens with zero attached hydrogens (tertiary/aromatic N) is 1. The molecule has 0 saturated carbocycles. The van der Waals surface area contributed by atoms with Gasteiger partial charge in [0.15, 0.2) is 0 Å². The van der Waals surface area contributed by atoms with E-state index >= 15 is 0 Å². The molecule has 0 saturated heterocycles. The zero-order valence-electron chi connectivity index (χ0n) is 9.86. The number of hydrogen-bond donors (Lipinski definition) is 0. The van der Waals surface area contributed by atoms with Crippen LogP contribution in [-0.4, -0.2) is 11.3 Å². The first-order valence-corrected chi connectivity index (χ1v) is 5.90. The molecule has 0 unspecified atom stereocenters. The van der Waals surface area contributed by atoms with E-state index in [0.29, 0.717) is 0 Å². The summed E-state index contributed by atoms with van der Waals surface area (Å²) in [5, 5.41) is 0. The highest BCUT2D eigenvalue weighted by atomic mass is 16.1. The number of aldehydes is 1. The lowest BCUT2D eigenvalue weighted by Crippen LogP contribution is -1.89. The lowest BCUT2D eigenvalue weighted by Gasteiger charge is -2.00. The predicted molar refractivity (Wildman–Crippen MR) is 66.2 cm³/mol. The Kier molecular flexibility index (Phi) is 6.16. The van der Waals surface area contributed by atoms with Crippen molar-refractivity contribution in [2.75, 3.05) is 0 Å². The average Bonchev–Trinajstić information content (AvgIpc) is 2.35. The number of unbranched alkanes of at least 4 members (excludes halogenated alkanes) is 2. The van der Waals surface area contributed by atoms with Crippen molar-refractivity contribution >= 4 is 6.29 Å². The van der Waals surface area contributed by atoms with E-state index in [9.17, 15) is 4.79 Å². The molecule has 2 nitrogen and oxygen atoms in total. The number of allylic oxidation sites excluding steroid dienone is 2. The van der Waals surface area contributed by atoms with Crippen LogP contribution < -0.4 is 0 Å². The molecule has 0 bridgehead atoms. The normalized spacial score (nSPS) is 11.4.